The third-order valence-corrected chi connectivity index (χ3v) is 3.50. The van der Waals surface area contributed by atoms with Gasteiger partial charge in [-0.2, -0.15) is 18.3 Å². The molecule has 5 nitrogen and oxygen atoms in total. The van der Waals surface area contributed by atoms with Gasteiger partial charge in [-0.05, 0) is 0 Å². The smallest absolute Gasteiger partial charge is 0.257 e. The van der Waals surface area contributed by atoms with Crippen LogP contribution in [0.3, 0.4) is 0 Å². The lowest BCUT2D eigenvalue weighted by Gasteiger charge is -2.03. The third-order valence-electron chi connectivity index (χ3n) is 2.47. The van der Waals surface area contributed by atoms with E-state index in [1.807, 2.05) is 0 Å². The largest absolute Gasteiger partial charge is 0.435 e. The molecule has 0 atom stereocenters. The predicted octanol–water partition coefficient (Wildman–Crippen LogP) is 2.23. The summed E-state index contributed by atoms with van der Waals surface area (Å²) in [5.41, 5.74) is -0.556. The minimum atomic E-state index is -4.49. The topological polar surface area (TPSA) is 48.5 Å². The number of fused-ring (bicyclic) bond motifs is 1. The standard InChI is InChI=1S/C9H6F3N5S/c1-16-8-6(7(14-16)9(10,11)12)5(4-18-8)17-3-2-13-15-17/h2-4H,1H3. The molecule has 9 heteroatoms. The summed E-state index contributed by atoms with van der Waals surface area (Å²) >= 11 is 1.19. The molecule has 3 heterocycles. The fraction of sp³-hybridized carbons (Fsp3) is 0.222. The fourth-order valence-corrected chi connectivity index (χ4v) is 2.71. The Hall–Kier alpha value is -1.90. The van der Waals surface area contributed by atoms with Crippen molar-refractivity contribution >= 4 is 21.6 Å². The molecule has 0 radical (unpaired) electrons. The van der Waals surface area contributed by atoms with Crippen molar-refractivity contribution in [2.24, 2.45) is 7.05 Å². The summed E-state index contributed by atoms with van der Waals surface area (Å²) < 4.78 is 41.3. The highest BCUT2D eigenvalue weighted by Gasteiger charge is 2.38. The molecule has 3 aromatic heterocycles. The Kier molecular flexibility index (Phi) is 2.21. The van der Waals surface area contributed by atoms with Crippen LogP contribution in [0.15, 0.2) is 17.8 Å². The van der Waals surface area contributed by atoms with E-state index >= 15 is 0 Å². The van der Waals surface area contributed by atoms with Gasteiger partial charge < -0.3 is 0 Å². The van der Waals surface area contributed by atoms with Crippen molar-refractivity contribution in [3.63, 3.8) is 0 Å². The van der Waals surface area contributed by atoms with E-state index in [1.165, 1.54) is 40.1 Å². The average molecular weight is 273 g/mol. The van der Waals surface area contributed by atoms with Crippen LogP contribution in [0, 0.1) is 0 Å². The molecule has 18 heavy (non-hydrogen) atoms. The van der Waals surface area contributed by atoms with E-state index in [9.17, 15) is 13.2 Å². The molecule has 3 aromatic rings. The van der Waals surface area contributed by atoms with E-state index in [-0.39, 0.29) is 5.39 Å². The average Bonchev–Trinajstić information content (AvgIpc) is 2.94. The highest BCUT2D eigenvalue weighted by atomic mass is 32.1. The second-order valence-corrected chi connectivity index (χ2v) is 4.48. The van der Waals surface area contributed by atoms with E-state index in [1.54, 1.807) is 5.38 Å². The molecule has 0 spiro atoms. The minimum Gasteiger partial charge on any atom is -0.257 e. The van der Waals surface area contributed by atoms with Crippen LogP contribution in [0.1, 0.15) is 5.69 Å². The zero-order chi connectivity index (χ0) is 12.9. The summed E-state index contributed by atoms with van der Waals surface area (Å²) in [7, 11) is 1.49. The van der Waals surface area contributed by atoms with Crippen molar-refractivity contribution in [2.45, 2.75) is 6.18 Å². The van der Waals surface area contributed by atoms with Crippen LogP contribution in [-0.2, 0) is 13.2 Å². The zero-order valence-corrected chi connectivity index (χ0v) is 9.83. The fourth-order valence-electron chi connectivity index (χ4n) is 1.75. The van der Waals surface area contributed by atoms with Gasteiger partial charge in [-0.3, -0.25) is 4.68 Å². The van der Waals surface area contributed by atoms with Crippen LogP contribution in [-0.4, -0.2) is 24.8 Å². The van der Waals surface area contributed by atoms with Crippen molar-refractivity contribution in [3.8, 4) is 5.69 Å². The zero-order valence-electron chi connectivity index (χ0n) is 9.01. The molecule has 0 aliphatic heterocycles. The quantitative estimate of drug-likeness (QED) is 0.683. The van der Waals surface area contributed by atoms with Gasteiger partial charge in [0.15, 0.2) is 5.69 Å². The van der Waals surface area contributed by atoms with E-state index in [4.69, 9.17) is 0 Å². The Morgan fingerprint density at radius 3 is 2.72 bits per heavy atom. The molecule has 0 aliphatic carbocycles. The molecule has 94 valence electrons. The van der Waals surface area contributed by atoms with Crippen molar-refractivity contribution in [1.29, 1.82) is 0 Å². The van der Waals surface area contributed by atoms with E-state index in [0.717, 1.165) is 0 Å². The summed E-state index contributed by atoms with van der Waals surface area (Å²) in [5.74, 6) is 0. The number of alkyl halides is 3. The summed E-state index contributed by atoms with van der Waals surface area (Å²) in [6.07, 6.45) is -1.59. The number of hydrogen-bond donors (Lipinski definition) is 0. The minimum absolute atomic E-state index is 0.0560. The molecular formula is C9H6F3N5S. The van der Waals surface area contributed by atoms with Gasteiger partial charge in [0, 0.05) is 12.4 Å². The maximum absolute atomic E-state index is 12.9. The number of aromatic nitrogens is 5. The molecule has 0 aliphatic rings. The predicted molar refractivity (Wildman–Crippen MR) is 58.5 cm³/mol. The van der Waals surface area contributed by atoms with Gasteiger partial charge in [0.2, 0.25) is 0 Å². The number of nitrogens with zero attached hydrogens (tertiary/aromatic N) is 5. The first-order valence-corrected chi connectivity index (χ1v) is 5.74. The van der Waals surface area contributed by atoms with Gasteiger partial charge in [-0.15, -0.1) is 16.4 Å². The molecule has 0 saturated heterocycles. The molecule has 0 amide bonds. The summed E-state index contributed by atoms with van der Waals surface area (Å²) in [6, 6.07) is 0. The lowest BCUT2D eigenvalue weighted by atomic mass is 10.2. The van der Waals surface area contributed by atoms with Crippen molar-refractivity contribution < 1.29 is 13.2 Å². The van der Waals surface area contributed by atoms with Crippen LogP contribution >= 0.6 is 11.3 Å². The Morgan fingerprint density at radius 1 is 1.33 bits per heavy atom. The molecule has 0 bridgehead atoms. The van der Waals surface area contributed by atoms with Gasteiger partial charge in [-0.25, -0.2) is 4.68 Å². The highest BCUT2D eigenvalue weighted by Crippen LogP contribution is 2.39. The van der Waals surface area contributed by atoms with Crippen molar-refractivity contribution in [1.82, 2.24) is 24.8 Å². The first-order valence-electron chi connectivity index (χ1n) is 4.86. The molecule has 0 N–H and O–H groups in total. The van der Waals surface area contributed by atoms with Crippen molar-refractivity contribution in [3.05, 3.63) is 23.5 Å². The number of aryl methyl sites for hydroxylation is 1. The number of rotatable bonds is 1. The van der Waals surface area contributed by atoms with Gasteiger partial charge in [-0.1, -0.05) is 5.21 Å². The van der Waals surface area contributed by atoms with Crippen LogP contribution in [0.2, 0.25) is 0 Å². The molecular weight excluding hydrogens is 267 g/mol. The molecule has 3 rings (SSSR count). The summed E-state index contributed by atoms with van der Waals surface area (Å²) in [5, 5.41) is 12.5. The van der Waals surface area contributed by atoms with Crippen LogP contribution < -0.4 is 0 Å². The van der Waals surface area contributed by atoms with Gasteiger partial charge >= 0.3 is 6.18 Å². The lowest BCUT2D eigenvalue weighted by Crippen LogP contribution is -2.08. The second-order valence-electron chi connectivity index (χ2n) is 3.62. The second kappa shape index (κ2) is 3.55. The third kappa shape index (κ3) is 1.50. The van der Waals surface area contributed by atoms with Crippen LogP contribution in [0.5, 0.6) is 0 Å². The molecule has 0 fully saturated rings. The van der Waals surface area contributed by atoms with Crippen LogP contribution in [0.4, 0.5) is 13.2 Å². The monoisotopic (exact) mass is 273 g/mol. The Morgan fingerprint density at radius 2 is 2.11 bits per heavy atom. The van der Waals surface area contributed by atoms with Crippen molar-refractivity contribution in [2.75, 3.05) is 0 Å². The highest BCUT2D eigenvalue weighted by molar-refractivity contribution is 7.17. The first-order chi connectivity index (χ1) is 8.48. The number of halogens is 3. The van der Waals surface area contributed by atoms with E-state index in [2.05, 4.69) is 15.4 Å². The SMILES string of the molecule is Cn1nc(C(F)(F)F)c2c(-n3ccnn3)csc21. The maximum atomic E-state index is 12.9. The van der Waals surface area contributed by atoms with E-state index in [0.29, 0.717) is 10.5 Å². The number of hydrogen-bond acceptors (Lipinski definition) is 4. The maximum Gasteiger partial charge on any atom is 0.435 e. The Balaban J connectivity index is 2.35. The van der Waals surface area contributed by atoms with E-state index < -0.39 is 11.9 Å². The lowest BCUT2D eigenvalue weighted by molar-refractivity contribution is -0.140. The Labute approximate surface area is 102 Å². The number of thiophene rings is 1. The first kappa shape index (κ1) is 11.2. The van der Waals surface area contributed by atoms with Crippen LogP contribution in [0.25, 0.3) is 15.9 Å². The van der Waals surface area contributed by atoms with Gasteiger partial charge in [0.25, 0.3) is 0 Å². The molecule has 0 saturated carbocycles. The molecule has 0 unspecified atom stereocenters. The summed E-state index contributed by atoms with van der Waals surface area (Å²) in [6.45, 7) is 0. The molecule has 0 aromatic carbocycles. The van der Waals surface area contributed by atoms with Gasteiger partial charge in [0.1, 0.15) is 4.83 Å². The van der Waals surface area contributed by atoms with Gasteiger partial charge in [0.05, 0.1) is 23.5 Å². The Bertz CT molecular complexity index is 694. The normalized spacial score (nSPS) is 12.4. The summed E-state index contributed by atoms with van der Waals surface area (Å²) in [4.78, 5) is 0.452.